The summed E-state index contributed by atoms with van der Waals surface area (Å²) in [5, 5.41) is 11.2. The number of amides is 1. The monoisotopic (exact) mass is 446 g/mol. The van der Waals surface area contributed by atoms with Gasteiger partial charge in [0.2, 0.25) is 0 Å². The lowest BCUT2D eigenvalue weighted by molar-refractivity contribution is -0.137. The number of benzene rings is 1. The van der Waals surface area contributed by atoms with Crippen molar-refractivity contribution >= 4 is 11.7 Å². The van der Waals surface area contributed by atoms with E-state index in [1.54, 1.807) is 4.90 Å². The number of nitrogens with one attached hydrogen (secondary N) is 1. The molecule has 2 bridgehead atoms. The molecule has 0 unspecified atom stereocenters. The van der Waals surface area contributed by atoms with Gasteiger partial charge in [-0.15, -0.1) is 0 Å². The fourth-order valence-corrected chi connectivity index (χ4v) is 4.60. The third-order valence-corrected chi connectivity index (χ3v) is 5.99. The number of halogens is 4. The summed E-state index contributed by atoms with van der Waals surface area (Å²) in [7, 11) is 0. The van der Waals surface area contributed by atoms with E-state index in [4.69, 9.17) is 0 Å². The number of nitrogens with zero attached hydrogens (tertiary/aromatic N) is 5. The Bertz CT molecular complexity index is 1130. The highest BCUT2D eigenvalue weighted by Gasteiger charge is 2.47. The van der Waals surface area contributed by atoms with Gasteiger partial charge in [-0.25, -0.2) is 9.37 Å². The molecule has 3 aromatic rings. The fourth-order valence-electron chi connectivity index (χ4n) is 4.60. The second-order valence-electron chi connectivity index (χ2n) is 8.02. The average molecular weight is 446 g/mol. The van der Waals surface area contributed by atoms with Crippen LogP contribution in [0.4, 0.5) is 23.4 Å². The number of hydrogen-bond donors (Lipinski definition) is 1. The lowest BCUT2D eigenvalue weighted by Crippen LogP contribution is -2.48. The highest BCUT2D eigenvalue weighted by molar-refractivity contribution is 5.98. The Hall–Kier alpha value is -3.50. The van der Waals surface area contributed by atoms with E-state index in [0.717, 1.165) is 25.1 Å². The van der Waals surface area contributed by atoms with Crippen LogP contribution in [0.2, 0.25) is 0 Å². The number of hydrogen-bond acceptors (Lipinski definition) is 5. The van der Waals surface area contributed by atoms with Crippen molar-refractivity contribution in [2.75, 3.05) is 11.9 Å². The molecule has 1 saturated carbocycles. The summed E-state index contributed by atoms with van der Waals surface area (Å²) in [5.74, 6) is -0.185. The smallest absolute Gasteiger partial charge is 0.365 e. The molecule has 0 spiro atoms. The van der Waals surface area contributed by atoms with Crippen LogP contribution in [0.1, 0.15) is 28.8 Å². The number of fused-ring (bicyclic) bond motifs is 2. The Balaban J connectivity index is 1.36. The number of pyridine rings is 1. The zero-order chi connectivity index (χ0) is 22.5. The first kappa shape index (κ1) is 20.4. The molecule has 1 aliphatic carbocycles. The first-order valence-corrected chi connectivity index (χ1v) is 10.1. The maximum absolute atomic E-state index is 13.9. The molecule has 32 heavy (non-hydrogen) atoms. The van der Waals surface area contributed by atoms with Crippen LogP contribution in [0.25, 0.3) is 5.69 Å². The molecule has 1 N–H and O–H groups in total. The summed E-state index contributed by atoms with van der Waals surface area (Å²) in [6.45, 7) is 0.561. The Morgan fingerprint density at radius 2 is 1.88 bits per heavy atom. The maximum Gasteiger partial charge on any atom is 0.417 e. The third-order valence-electron chi connectivity index (χ3n) is 5.99. The van der Waals surface area contributed by atoms with Crippen LogP contribution in [0.3, 0.4) is 0 Å². The largest absolute Gasteiger partial charge is 0.417 e. The number of aromatic nitrogens is 4. The lowest BCUT2D eigenvalue weighted by Gasteiger charge is -2.34. The molecule has 1 saturated heterocycles. The Labute approximate surface area is 180 Å². The SMILES string of the molecule is O=C(c1ccc(F)cc1-n1nccn1)N1C[C@H]2C[C@@H](Nc3ccc(C(F)(F)F)cn3)[C@@H]1C2. The number of piperidine rings is 1. The Morgan fingerprint density at radius 1 is 1.09 bits per heavy atom. The summed E-state index contributed by atoms with van der Waals surface area (Å²) in [6.07, 6.45) is 0.786. The van der Waals surface area contributed by atoms with Gasteiger partial charge in [0, 0.05) is 24.8 Å². The van der Waals surface area contributed by atoms with Gasteiger partial charge in [0.05, 0.1) is 29.6 Å². The van der Waals surface area contributed by atoms with Crippen LogP contribution < -0.4 is 5.32 Å². The van der Waals surface area contributed by atoms with Crippen LogP contribution in [0, 0.1) is 11.7 Å². The molecule has 1 amide bonds. The van der Waals surface area contributed by atoms with Crippen molar-refractivity contribution in [1.82, 2.24) is 24.9 Å². The highest BCUT2D eigenvalue weighted by atomic mass is 19.4. The van der Waals surface area contributed by atoms with Crippen molar-refractivity contribution in [1.29, 1.82) is 0 Å². The molecule has 166 valence electrons. The van der Waals surface area contributed by atoms with Gasteiger partial charge in [0.15, 0.2) is 0 Å². The lowest BCUT2D eigenvalue weighted by atomic mass is 10.0. The zero-order valence-electron chi connectivity index (χ0n) is 16.6. The molecule has 5 rings (SSSR count). The molecule has 1 aromatic carbocycles. The predicted molar refractivity (Wildman–Crippen MR) is 106 cm³/mol. The van der Waals surface area contributed by atoms with E-state index in [2.05, 4.69) is 20.5 Å². The number of rotatable bonds is 4. The topological polar surface area (TPSA) is 75.9 Å². The first-order valence-electron chi connectivity index (χ1n) is 10.1. The minimum absolute atomic E-state index is 0.145. The summed E-state index contributed by atoms with van der Waals surface area (Å²) in [6, 6.07) is 5.83. The number of alkyl halides is 3. The summed E-state index contributed by atoms with van der Waals surface area (Å²) >= 11 is 0. The van der Waals surface area contributed by atoms with Gasteiger partial charge >= 0.3 is 6.18 Å². The van der Waals surface area contributed by atoms with Crippen molar-refractivity contribution < 1.29 is 22.4 Å². The summed E-state index contributed by atoms with van der Waals surface area (Å²) in [5.41, 5.74) is -0.290. The molecule has 2 fully saturated rings. The second kappa shape index (κ2) is 7.57. The molecular formula is C21H18F4N6O. The molecule has 11 heteroatoms. The number of carbonyl (C=O) groups excluding carboxylic acids is 1. The molecular weight excluding hydrogens is 428 g/mol. The molecule has 3 heterocycles. The fraction of sp³-hybridized carbons (Fsp3) is 0.333. The van der Waals surface area contributed by atoms with E-state index < -0.39 is 17.6 Å². The van der Waals surface area contributed by atoms with E-state index in [-0.39, 0.29) is 35.2 Å². The minimum Gasteiger partial charge on any atom is -0.365 e. The number of carbonyl (C=O) groups is 1. The molecule has 2 aromatic heterocycles. The normalized spacial score (nSPS) is 22.4. The quantitative estimate of drug-likeness (QED) is 0.621. The molecule has 1 aliphatic heterocycles. The number of anilines is 1. The third kappa shape index (κ3) is 3.67. The molecule has 3 atom stereocenters. The first-order chi connectivity index (χ1) is 15.3. The average Bonchev–Trinajstić information content (AvgIpc) is 3.50. The van der Waals surface area contributed by atoms with Gasteiger partial charge in [0.1, 0.15) is 17.3 Å². The standard InChI is InChI=1S/C21H18F4N6O/c22-14-2-3-15(17(9-14)31-27-5-6-28-31)20(32)30-11-12-7-16(18(30)8-12)29-19-4-1-13(10-26-19)21(23,24)25/h1-6,9-10,12,16,18H,7-8,11H2,(H,26,29)/t12-,16+,18-/m0/s1. The van der Waals surface area contributed by atoms with Gasteiger partial charge in [-0.05, 0) is 43.0 Å². The Morgan fingerprint density at radius 3 is 2.53 bits per heavy atom. The van der Waals surface area contributed by atoms with Gasteiger partial charge in [-0.3, -0.25) is 4.79 Å². The predicted octanol–water partition coefficient (Wildman–Crippen LogP) is 3.54. The van der Waals surface area contributed by atoms with Crippen LogP contribution in [-0.2, 0) is 6.18 Å². The van der Waals surface area contributed by atoms with Gasteiger partial charge < -0.3 is 10.2 Å². The maximum atomic E-state index is 13.9. The van der Waals surface area contributed by atoms with Crippen LogP contribution in [0.5, 0.6) is 0 Å². The molecule has 7 nitrogen and oxygen atoms in total. The molecule has 2 aliphatic rings. The van der Waals surface area contributed by atoms with Gasteiger partial charge in [0.25, 0.3) is 5.91 Å². The highest BCUT2D eigenvalue weighted by Crippen LogP contribution is 2.40. The summed E-state index contributed by atoms with van der Waals surface area (Å²) < 4.78 is 52.2. The van der Waals surface area contributed by atoms with Crippen molar-refractivity contribution in [3.63, 3.8) is 0 Å². The van der Waals surface area contributed by atoms with Crippen LogP contribution >= 0.6 is 0 Å². The van der Waals surface area contributed by atoms with E-state index in [9.17, 15) is 22.4 Å². The summed E-state index contributed by atoms with van der Waals surface area (Å²) in [4.78, 5) is 20.2. The van der Waals surface area contributed by atoms with E-state index in [0.29, 0.717) is 12.4 Å². The Kier molecular flexibility index (Phi) is 4.83. The van der Waals surface area contributed by atoms with E-state index in [1.165, 1.54) is 41.5 Å². The number of likely N-dealkylation sites (tertiary alicyclic amines) is 1. The van der Waals surface area contributed by atoms with Gasteiger partial charge in [-0.2, -0.15) is 28.2 Å². The minimum atomic E-state index is -4.45. The van der Waals surface area contributed by atoms with Crippen molar-refractivity contribution in [2.45, 2.75) is 31.1 Å². The van der Waals surface area contributed by atoms with Crippen molar-refractivity contribution in [2.24, 2.45) is 5.92 Å². The molecule has 0 radical (unpaired) electrons. The van der Waals surface area contributed by atoms with Gasteiger partial charge in [-0.1, -0.05) is 0 Å². The van der Waals surface area contributed by atoms with Crippen molar-refractivity contribution in [3.05, 3.63) is 65.9 Å². The second-order valence-corrected chi connectivity index (χ2v) is 8.02. The van der Waals surface area contributed by atoms with Crippen LogP contribution in [-0.4, -0.2) is 49.4 Å². The van der Waals surface area contributed by atoms with E-state index in [1.807, 2.05) is 0 Å². The van der Waals surface area contributed by atoms with E-state index >= 15 is 0 Å². The van der Waals surface area contributed by atoms with Crippen LogP contribution in [0.15, 0.2) is 48.9 Å². The zero-order valence-corrected chi connectivity index (χ0v) is 16.6. The van der Waals surface area contributed by atoms with Crippen molar-refractivity contribution in [3.8, 4) is 5.69 Å².